The molecule has 1 aliphatic carbocycles. The van der Waals surface area contributed by atoms with Crippen LogP contribution < -0.4 is 0 Å². The lowest BCUT2D eigenvalue weighted by molar-refractivity contribution is 0.628. The Morgan fingerprint density at radius 3 is 2.81 bits per heavy atom. The molecule has 0 bridgehead atoms. The van der Waals surface area contributed by atoms with Gasteiger partial charge in [-0.2, -0.15) is 0 Å². The Balaban J connectivity index is 1.52. The van der Waals surface area contributed by atoms with Crippen LogP contribution in [0, 0.1) is 5.82 Å². The third kappa shape index (κ3) is 2.71. The zero-order valence-electron chi connectivity index (χ0n) is 11.2. The molecule has 6 heteroatoms. The summed E-state index contributed by atoms with van der Waals surface area (Å²) in [4.78, 5) is 4.58. The van der Waals surface area contributed by atoms with Gasteiger partial charge in [0.15, 0.2) is 0 Å². The highest BCUT2D eigenvalue weighted by atomic mass is 32.1. The minimum atomic E-state index is -0.231. The zero-order chi connectivity index (χ0) is 14.2. The molecule has 1 fully saturated rings. The number of thiazole rings is 1. The third-order valence-electron chi connectivity index (χ3n) is 3.52. The average Bonchev–Trinajstić information content (AvgIpc) is 3.06. The van der Waals surface area contributed by atoms with Crippen molar-refractivity contribution in [3.63, 3.8) is 0 Å². The summed E-state index contributed by atoms with van der Waals surface area (Å²) < 4.78 is 14.8. The number of benzene rings is 1. The van der Waals surface area contributed by atoms with Crippen molar-refractivity contribution in [2.24, 2.45) is 0 Å². The first kappa shape index (κ1) is 12.6. The van der Waals surface area contributed by atoms with Crippen molar-refractivity contribution in [1.82, 2.24) is 20.0 Å². The Hall–Kier alpha value is -2.08. The maximum absolute atomic E-state index is 12.9. The van der Waals surface area contributed by atoms with E-state index in [1.807, 2.05) is 16.3 Å². The lowest BCUT2D eigenvalue weighted by Gasteiger charge is -1.97. The Bertz CT molecular complexity index is 758. The van der Waals surface area contributed by atoms with Crippen molar-refractivity contribution >= 4 is 11.3 Å². The fourth-order valence-electron chi connectivity index (χ4n) is 2.23. The molecule has 0 saturated heterocycles. The summed E-state index contributed by atoms with van der Waals surface area (Å²) in [6.07, 6.45) is 4.46. The quantitative estimate of drug-likeness (QED) is 0.741. The molecular formula is C15H13FN4S. The van der Waals surface area contributed by atoms with E-state index in [4.69, 9.17) is 0 Å². The number of halogens is 1. The summed E-state index contributed by atoms with van der Waals surface area (Å²) in [6, 6.07) is 6.41. The van der Waals surface area contributed by atoms with Crippen molar-refractivity contribution in [3.8, 4) is 10.6 Å². The van der Waals surface area contributed by atoms with Gasteiger partial charge < -0.3 is 0 Å². The van der Waals surface area contributed by atoms with Crippen LogP contribution in [0.2, 0.25) is 0 Å². The van der Waals surface area contributed by atoms with Gasteiger partial charge in [-0.3, -0.25) is 0 Å². The van der Waals surface area contributed by atoms with Crippen LogP contribution in [0.1, 0.15) is 30.1 Å². The van der Waals surface area contributed by atoms with E-state index >= 15 is 0 Å². The summed E-state index contributed by atoms with van der Waals surface area (Å²) >= 11 is 1.56. The highest BCUT2D eigenvalue weighted by Gasteiger charge is 2.26. The molecule has 4 nitrogen and oxygen atoms in total. The van der Waals surface area contributed by atoms with Crippen molar-refractivity contribution in [3.05, 3.63) is 53.0 Å². The number of aromatic nitrogens is 4. The van der Waals surface area contributed by atoms with Crippen LogP contribution in [-0.2, 0) is 6.54 Å². The zero-order valence-corrected chi connectivity index (χ0v) is 12.1. The van der Waals surface area contributed by atoms with E-state index in [0.29, 0.717) is 12.5 Å². The second-order valence-corrected chi connectivity index (χ2v) is 6.12. The molecule has 0 amide bonds. The van der Waals surface area contributed by atoms with Gasteiger partial charge in [0, 0.05) is 23.1 Å². The topological polar surface area (TPSA) is 43.6 Å². The van der Waals surface area contributed by atoms with E-state index < -0.39 is 0 Å². The molecule has 0 atom stereocenters. The first-order valence-electron chi connectivity index (χ1n) is 6.88. The molecule has 1 aliphatic rings. The van der Waals surface area contributed by atoms with Gasteiger partial charge in [0.1, 0.15) is 10.8 Å². The van der Waals surface area contributed by atoms with Gasteiger partial charge in [-0.25, -0.2) is 14.1 Å². The number of hydrogen-bond donors (Lipinski definition) is 0. The molecule has 0 unspecified atom stereocenters. The Morgan fingerprint density at radius 1 is 1.24 bits per heavy atom. The van der Waals surface area contributed by atoms with E-state index in [1.54, 1.807) is 23.5 Å². The molecule has 106 valence electrons. The monoisotopic (exact) mass is 300 g/mol. The minimum Gasteiger partial charge on any atom is -0.246 e. The molecular weight excluding hydrogens is 287 g/mol. The molecule has 1 aromatic carbocycles. The second-order valence-electron chi connectivity index (χ2n) is 5.27. The molecule has 4 rings (SSSR count). The van der Waals surface area contributed by atoms with Gasteiger partial charge in [0.25, 0.3) is 0 Å². The number of nitrogens with zero attached hydrogens (tertiary/aromatic N) is 4. The molecule has 0 N–H and O–H groups in total. The van der Waals surface area contributed by atoms with Gasteiger partial charge >= 0.3 is 0 Å². The predicted octanol–water partition coefficient (Wildman–Crippen LogP) is 3.47. The minimum absolute atomic E-state index is 0.231. The van der Waals surface area contributed by atoms with Crippen molar-refractivity contribution in [2.45, 2.75) is 25.3 Å². The molecule has 1 saturated carbocycles. The molecule has 21 heavy (non-hydrogen) atoms. The third-order valence-corrected chi connectivity index (χ3v) is 4.46. The molecule has 2 heterocycles. The Morgan fingerprint density at radius 2 is 2.05 bits per heavy atom. The lowest BCUT2D eigenvalue weighted by atomic mass is 10.2. The standard InChI is InChI=1S/C15H13FN4S/c16-12-5-3-11(4-6-12)15-17-13(9-21-15)7-20-8-14(18-19-20)10-1-2-10/h3-6,8-10H,1-2,7H2. The molecule has 0 radical (unpaired) electrons. The van der Waals surface area contributed by atoms with Crippen LogP contribution in [0.4, 0.5) is 4.39 Å². The normalized spacial score (nSPS) is 14.5. The van der Waals surface area contributed by atoms with Crippen LogP contribution >= 0.6 is 11.3 Å². The smallest absolute Gasteiger partial charge is 0.123 e. The van der Waals surface area contributed by atoms with Gasteiger partial charge in [0.2, 0.25) is 0 Å². The summed E-state index contributed by atoms with van der Waals surface area (Å²) in [5.74, 6) is 0.384. The first-order chi connectivity index (χ1) is 10.3. The van der Waals surface area contributed by atoms with Gasteiger partial charge in [0.05, 0.1) is 17.9 Å². The lowest BCUT2D eigenvalue weighted by Crippen LogP contribution is -2.00. The van der Waals surface area contributed by atoms with Crippen molar-refractivity contribution in [1.29, 1.82) is 0 Å². The molecule has 2 aromatic heterocycles. The number of rotatable bonds is 4. The highest BCUT2D eigenvalue weighted by molar-refractivity contribution is 7.13. The summed E-state index contributed by atoms with van der Waals surface area (Å²) in [5, 5.41) is 11.3. The maximum Gasteiger partial charge on any atom is 0.123 e. The van der Waals surface area contributed by atoms with E-state index in [0.717, 1.165) is 22.0 Å². The highest BCUT2D eigenvalue weighted by Crippen LogP contribution is 2.38. The van der Waals surface area contributed by atoms with Crippen molar-refractivity contribution in [2.75, 3.05) is 0 Å². The Labute approximate surface area is 125 Å². The first-order valence-corrected chi connectivity index (χ1v) is 7.76. The van der Waals surface area contributed by atoms with Crippen LogP contribution in [-0.4, -0.2) is 20.0 Å². The average molecular weight is 300 g/mol. The molecule has 0 aliphatic heterocycles. The van der Waals surface area contributed by atoms with E-state index in [2.05, 4.69) is 15.3 Å². The van der Waals surface area contributed by atoms with Gasteiger partial charge in [-0.05, 0) is 37.1 Å². The molecule has 0 spiro atoms. The summed E-state index contributed by atoms with van der Waals surface area (Å²) in [7, 11) is 0. The maximum atomic E-state index is 12.9. The van der Waals surface area contributed by atoms with Gasteiger partial charge in [-0.15, -0.1) is 16.4 Å². The summed E-state index contributed by atoms with van der Waals surface area (Å²) in [6.45, 7) is 0.622. The summed E-state index contributed by atoms with van der Waals surface area (Å²) in [5.41, 5.74) is 2.97. The fourth-order valence-corrected chi connectivity index (χ4v) is 3.04. The van der Waals surface area contributed by atoms with E-state index in [-0.39, 0.29) is 5.82 Å². The van der Waals surface area contributed by atoms with Crippen LogP contribution in [0.3, 0.4) is 0 Å². The predicted molar refractivity (Wildman–Crippen MR) is 78.6 cm³/mol. The second kappa shape index (κ2) is 5.04. The fraction of sp³-hybridized carbons (Fsp3) is 0.267. The van der Waals surface area contributed by atoms with Crippen LogP contribution in [0.15, 0.2) is 35.8 Å². The Kier molecular flexibility index (Phi) is 3.03. The van der Waals surface area contributed by atoms with Crippen LogP contribution in [0.5, 0.6) is 0 Å². The van der Waals surface area contributed by atoms with Crippen molar-refractivity contribution < 1.29 is 4.39 Å². The largest absolute Gasteiger partial charge is 0.246 e. The van der Waals surface area contributed by atoms with Gasteiger partial charge in [-0.1, -0.05) is 5.21 Å². The number of hydrogen-bond acceptors (Lipinski definition) is 4. The van der Waals surface area contributed by atoms with E-state index in [1.165, 1.54) is 25.0 Å². The van der Waals surface area contributed by atoms with Crippen LogP contribution in [0.25, 0.3) is 10.6 Å². The van der Waals surface area contributed by atoms with E-state index in [9.17, 15) is 4.39 Å². The SMILES string of the molecule is Fc1ccc(-c2nc(Cn3cc(C4CC4)nn3)cs2)cc1. The molecule has 3 aromatic rings.